The SMILES string of the molecule is CC.CCOC.Cc1ccccc1-c1cc(COCc2cccc(C(C)C)c2)ccc1C(=O)NC(CCS(C)(=O)=O)C(=O)O. The van der Waals surface area contributed by atoms with Gasteiger partial charge in [0.15, 0.2) is 0 Å². The summed E-state index contributed by atoms with van der Waals surface area (Å²) in [5.74, 6) is -1.78. The number of aryl methyl sites for hydroxylation is 1. The molecule has 3 aromatic carbocycles. The summed E-state index contributed by atoms with van der Waals surface area (Å²) in [6, 6.07) is 19.9. The van der Waals surface area contributed by atoms with Gasteiger partial charge >= 0.3 is 5.97 Å². The second-order valence-electron chi connectivity index (χ2n) is 10.4. The van der Waals surface area contributed by atoms with Crippen LogP contribution in [0.1, 0.15) is 79.6 Å². The number of methoxy groups -OCH3 is 1. The fourth-order valence-corrected chi connectivity index (χ4v) is 4.80. The molecule has 0 aliphatic heterocycles. The van der Waals surface area contributed by atoms with Crippen LogP contribution < -0.4 is 5.32 Å². The van der Waals surface area contributed by atoms with E-state index in [2.05, 4.69) is 36.0 Å². The zero-order valence-corrected chi connectivity index (χ0v) is 28.2. The van der Waals surface area contributed by atoms with Gasteiger partial charge in [-0.05, 0) is 71.7 Å². The number of hydrogen-bond donors (Lipinski definition) is 2. The van der Waals surface area contributed by atoms with Gasteiger partial charge in [0.25, 0.3) is 5.91 Å². The van der Waals surface area contributed by atoms with Gasteiger partial charge in [0.1, 0.15) is 15.9 Å². The number of hydrogen-bond acceptors (Lipinski definition) is 6. The quantitative estimate of drug-likeness (QED) is 0.214. The molecule has 0 radical (unpaired) electrons. The first kappa shape index (κ1) is 38.5. The molecule has 9 heteroatoms. The van der Waals surface area contributed by atoms with E-state index in [9.17, 15) is 23.1 Å². The number of carbonyl (C=O) groups excluding carboxylic acids is 1. The summed E-state index contributed by atoms with van der Waals surface area (Å²) in [5, 5.41) is 12.1. The number of sulfone groups is 1. The van der Waals surface area contributed by atoms with Crippen molar-refractivity contribution in [3.8, 4) is 11.1 Å². The third-order valence-electron chi connectivity index (χ3n) is 6.59. The average Bonchev–Trinajstić information content (AvgIpc) is 3.00. The van der Waals surface area contributed by atoms with E-state index in [1.807, 2.05) is 70.2 Å². The van der Waals surface area contributed by atoms with Gasteiger partial charge in [-0.3, -0.25) is 4.79 Å². The highest BCUT2D eigenvalue weighted by atomic mass is 32.2. The summed E-state index contributed by atoms with van der Waals surface area (Å²) in [6.07, 6.45) is 0.815. The minimum atomic E-state index is -3.38. The van der Waals surface area contributed by atoms with Gasteiger partial charge in [0.05, 0.1) is 19.0 Å². The highest BCUT2D eigenvalue weighted by molar-refractivity contribution is 7.90. The summed E-state index contributed by atoms with van der Waals surface area (Å²) < 4.78 is 33.6. The van der Waals surface area contributed by atoms with Crippen LogP contribution in [0, 0.1) is 6.92 Å². The summed E-state index contributed by atoms with van der Waals surface area (Å²) in [4.78, 5) is 24.9. The van der Waals surface area contributed by atoms with Crippen LogP contribution in [0.2, 0.25) is 0 Å². The zero-order chi connectivity index (χ0) is 33.3. The van der Waals surface area contributed by atoms with Gasteiger partial charge < -0.3 is 19.9 Å². The molecule has 0 heterocycles. The summed E-state index contributed by atoms with van der Waals surface area (Å²) >= 11 is 0. The molecular weight excluding hydrogens is 578 g/mol. The molecule has 44 heavy (non-hydrogen) atoms. The lowest BCUT2D eigenvalue weighted by molar-refractivity contribution is -0.139. The number of carboxylic acids is 1. The van der Waals surface area contributed by atoms with E-state index in [0.717, 1.165) is 35.1 Å². The van der Waals surface area contributed by atoms with Crippen LogP contribution in [0.4, 0.5) is 0 Å². The molecule has 0 saturated heterocycles. The molecule has 0 aliphatic carbocycles. The zero-order valence-electron chi connectivity index (χ0n) is 27.3. The molecule has 1 atom stereocenters. The lowest BCUT2D eigenvalue weighted by atomic mass is 9.93. The largest absolute Gasteiger partial charge is 0.480 e. The van der Waals surface area contributed by atoms with Gasteiger partial charge in [-0.15, -0.1) is 0 Å². The highest BCUT2D eigenvalue weighted by Crippen LogP contribution is 2.29. The number of carbonyl (C=O) groups is 2. The average molecular weight is 628 g/mol. The molecule has 1 amide bonds. The van der Waals surface area contributed by atoms with Crippen LogP contribution in [-0.2, 0) is 37.3 Å². The van der Waals surface area contributed by atoms with Gasteiger partial charge in [-0.1, -0.05) is 82.3 Å². The van der Waals surface area contributed by atoms with E-state index in [1.54, 1.807) is 19.2 Å². The Hall–Kier alpha value is -3.53. The number of nitrogens with one attached hydrogen (secondary N) is 1. The molecule has 0 spiro atoms. The third-order valence-corrected chi connectivity index (χ3v) is 7.57. The van der Waals surface area contributed by atoms with Crippen molar-refractivity contribution in [1.29, 1.82) is 0 Å². The van der Waals surface area contributed by atoms with Crippen molar-refractivity contribution in [2.75, 3.05) is 25.7 Å². The summed E-state index contributed by atoms with van der Waals surface area (Å²) in [5.41, 5.74) is 5.95. The smallest absolute Gasteiger partial charge is 0.326 e. The first-order valence-corrected chi connectivity index (χ1v) is 17.0. The van der Waals surface area contributed by atoms with E-state index in [0.29, 0.717) is 30.3 Å². The van der Waals surface area contributed by atoms with E-state index < -0.39 is 27.8 Å². The Labute approximate surface area is 263 Å². The third kappa shape index (κ3) is 13.4. The van der Waals surface area contributed by atoms with Crippen LogP contribution in [0.3, 0.4) is 0 Å². The van der Waals surface area contributed by atoms with Crippen molar-refractivity contribution in [2.24, 2.45) is 0 Å². The number of aliphatic carboxylic acids is 1. The molecule has 0 aromatic heterocycles. The van der Waals surface area contributed by atoms with E-state index in [1.165, 1.54) is 5.56 Å². The number of benzene rings is 3. The lowest BCUT2D eigenvalue weighted by Gasteiger charge is -2.18. The Bertz CT molecular complexity index is 1430. The molecule has 0 aliphatic rings. The van der Waals surface area contributed by atoms with Crippen molar-refractivity contribution in [3.05, 3.63) is 94.5 Å². The number of ether oxygens (including phenoxy) is 2. The molecule has 3 rings (SSSR count). The van der Waals surface area contributed by atoms with Crippen molar-refractivity contribution in [2.45, 2.75) is 73.1 Å². The maximum absolute atomic E-state index is 13.2. The highest BCUT2D eigenvalue weighted by Gasteiger charge is 2.24. The maximum Gasteiger partial charge on any atom is 0.326 e. The molecule has 242 valence electrons. The van der Waals surface area contributed by atoms with Crippen LogP contribution in [0.15, 0.2) is 66.7 Å². The van der Waals surface area contributed by atoms with Gasteiger partial charge in [0, 0.05) is 25.5 Å². The molecule has 3 aromatic rings. The normalized spacial score (nSPS) is 11.5. The second kappa shape index (κ2) is 19.7. The fourth-order valence-electron chi connectivity index (χ4n) is 4.13. The monoisotopic (exact) mass is 627 g/mol. The standard InChI is InChI=1S/C30H35NO6S.C3H8O.C2H6/c1-20(2)24-10-7-9-22(16-24)18-37-19-23-12-13-26(27(17-23)25-11-6-5-8-21(25)3)29(32)31-28(30(33)34)14-15-38(4,35)36;1-3-4-2;1-2/h5-13,16-17,20,28H,14-15,18-19H2,1-4H3,(H,31,32)(H,33,34);3H2,1-2H3;1-2H3. The van der Waals surface area contributed by atoms with E-state index in [-0.39, 0.29) is 12.2 Å². The Balaban J connectivity index is 0.00000149. The first-order valence-electron chi connectivity index (χ1n) is 14.9. The summed E-state index contributed by atoms with van der Waals surface area (Å²) in [6.45, 7) is 13.8. The fraction of sp³-hybridized carbons (Fsp3) is 0.429. The van der Waals surface area contributed by atoms with E-state index in [4.69, 9.17) is 4.74 Å². The van der Waals surface area contributed by atoms with Crippen molar-refractivity contribution in [3.63, 3.8) is 0 Å². The van der Waals surface area contributed by atoms with Crippen molar-refractivity contribution < 1.29 is 32.6 Å². The predicted molar refractivity (Wildman–Crippen MR) is 178 cm³/mol. The molecule has 1 unspecified atom stereocenters. The molecule has 0 fully saturated rings. The maximum atomic E-state index is 13.2. The molecular formula is C35H49NO7S. The molecule has 8 nitrogen and oxygen atoms in total. The number of carboxylic acid groups (broad SMARTS) is 1. The number of amides is 1. The van der Waals surface area contributed by atoms with E-state index >= 15 is 0 Å². The van der Waals surface area contributed by atoms with Crippen LogP contribution in [-0.4, -0.2) is 57.2 Å². The van der Waals surface area contributed by atoms with Crippen LogP contribution >= 0.6 is 0 Å². The topological polar surface area (TPSA) is 119 Å². The minimum Gasteiger partial charge on any atom is -0.480 e. The van der Waals surface area contributed by atoms with Gasteiger partial charge in [0.2, 0.25) is 0 Å². The van der Waals surface area contributed by atoms with Gasteiger partial charge in [-0.25, -0.2) is 13.2 Å². The van der Waals surface area contributed by atoms with Crippen molar-refractivity contribution >= 4 is 21.7 Å². The Morgan fingerprint density at radius 2 is 1.52 bits per heavy atom. The Morgan fingerprint density at radius 1 is 0.909 bits per heavy atom. The molecule has 0 bridgehead atoms. The Morgan fingerprint density at radius 3 is 2.07 bits per heavy atom. The number of rotatable bonds is 13. The molecule has 2 N–H and O–H groups in total. The van der Waals surface area contributed by atoms with Crippen LogP contribution in [0.5, 0.6) is 0 Å². The lowest BCUT2D eigenvalue weighted by Crippen LogP contribution is -2.42. The summed E-state index contributed by atoms with van der Waals surface area (Å²) in [7, 11) is -1.70. The molecule has 0 saturated carbocycles. The second-order valence-corrected chi connectivity index (χ2v) is 12.7. The first-order chi connectivity index (χ1) is 20.9. The Kier molecular flexibility index (Phi) is 17.2. The van der Waals surface area contributed by atoms with Gasteiger partial charge in [-0.2, -0.15) is 0 Å². The minimum absolute atomic E-state index is 0.219. The van der Waals surface area contributed by atoms with Crippen molar-refractivity contribution in [1.82, 2.24) is 5.32 Å². The predicted octanol–water partition coefficient (Wildman–Crippen LogP) is 6.80. The van der Waals surface area contributed by atoms with Crippen LogP contribution in [0.25, 0.3) is 11.1 Å².